The van der Waals surface area contributed by atoms with E-state index in [1.807, 2.05) is 0 Å². The van der Waals surface area contributed by atoms with Crippen LogP contribution in [0, 0.1) is 0 Å². The summed E-state index contributed by atoms with van der Waals surface area (Å²) >= 11 is 3.17. The van der Waals surface area contributed by atoms with Gasteiger partial charge in [0.1, 0.15) is 0 Å². The van der Waals surface area contributed by atoms with Crippen molar-refractivity contribution in [3.8, 4) is 0 Å². The summed E-state index contributed by atoms with van der Waals surface area (Å²) in [5, 5.41) is 0. The summed E-state index contributed by atoms with van der Waals surface area (Å²) in [6, 6.07) is 3.49. The van der Waals surface area contributed by atoms with Gasteiger partial charge in [-0.05, 0) is 40.9 Å². The lowest BCUT2D eigenvalue weighted by Gasteiger charge is -2.29. The van der Waals surface area contributed by atoms with Gasteiger partial charge in [-0.25, -0.2) is 0 Å². The highest BCUT2D eigenvalue weighted by atomic mass is 79.9. The molecule has 1 aromatic rings. The minimum Gasteiger partial charge on any atom is -0.444 e. The van der Waals surface area contributed by atoms with E-state index in [-0.39, 0.29) is 11.9 Å². The van der Waals surface area contributed by atoms with Gasteiger partial charge < -0.3 is 15.1 Å². The van der Waals surface area contributed by atoms with E-state index >= 15 is 0 Å². The molecule has 4 nitrogen and oxygen atoms in total. The molecular weight excluding hydrogens is 260 g/mol. The van der Waals surface area contributed by atoms with Crippen molar-refractivity contribution in [3.63, 3.8) is 0 Å². The van der Waals surface area contributed by atoms with Crippen molar-refractivity contribution >= 4 is 21.8 Å². The van der Waals surface area contributed by atoms with Crippen molar-refractivity contribution in [1.82, 2.24) is 4.90 Å². The Kier molecular flexibility index (Phi) is 3.11. The maximum Gasteiger partial charge on any atom is 0.289 e. The van der Waals surface area contributed by atoms with Crippen LogP contribution in [0.3, 0.4) is 0 Å². The number of nitrogens with zero attached hydrogens (tertiary/aromatic N) is 1. The normalized spacial score (nSPS) is 21.7. The number of carbonyl (C=O) groups excluding carboxylic acids is 1. The lowest BCUT2D eigenvalue weighted by molar-refractivity contribution is 0.0675. The monoisotopic (exact) mass is 272 g/mol. The van der Waals surface area contributed by atoms with Crippen LogP contribution < -0.4 is 5.73 Å². The van der Waals surface area contributed by atoms with Crippen LogP contribution in [0.15, 0.2) is 21.2 Å². The van der Waals surface area contributed by atoms with Crippen LogP contribution in [0.5, 0.6) is 0 Å². The summed E-state index contributed by atoms with van der Waals surface area (Å²) in [5.74, 6) is 0.298. The molecule has 0 radical (unpaired) electrons. The third kappa shape index (κ3) is 2.41. The molecule has 1 fully saturated rings. The number of amides is 1. The number of halogens is 1. The third-order valence-corrected chi connectivity index (χ3v) is 2.96. The van der Waals surface area contributed by atoms with Gasteiger partial charge in [0.2, 0.25) is 0 Å². The van der Waals surface area contributed by atoms with Gasteiger partial charge in [-0.15, -0.1) is 0 Å². The van der Waals surface area contributed by atoms with Crippen molar-refractivity contribution in [3.05, 3.63) is 22.6 Å². The quantitative estimate of drug-likeness (QED) is 0.845. The SMILES string of the molecule is NC1CCCN(C(=O)c2ccc(Br)o2)C1. The minimum absolute atomic E-state index is 0.0733. The summed E-state index contributed by atoms with van der Waals surface area (Å²) in [7, 11) is 0. The number of likely N-dealkylation sites (tertiary alicyclic amines) is 1. The molecule has 0 saturated carbocycles. The molecule has 1 amide bonds. The zero-order valence-corrected chi connectivity index (χ0v) is 9.87. The van der Waals surface area contributed by atoms with Crippen molar-refractivity contribution in [2.75, 3.05) is 13.1 Å². The van der Waals surface area contributed by atoms with Crippen molar-refractivity contribution in [2.24, 2.45) is 5.73 Å². The van der Waals surface area contributed by atoms with E-state index in [0.717, 1.165) is 19.4 Å². The number of piperidine rings is 1. The summed E-state index contributed by atoms with van der Waals surface area (Å²) in [5.41, 5.74) is 5.81. The molecule has 0 spiro atoms. The highest BCUT2D eigenvalue weighted by molar-refractivity contribution is 9.10. The van der Waals surface area contributed by atoms with E-state index < -0.39 is 0 Å². The van der Waals surface area contributed by atoms with E-state index in [9.17, 15) is 4.79 Å². The summed E-state index contributed by atoms with van der Waals surface area (Å²) in [6.45, 7) is 1.39. The molecule has 1 unspecified atom stereocenters. The molecule has 1 aliphatic heterocycles. The van der Waals surface area contributed by atoms with Gasteiger partial charge in [-0.2, -0.15) is 0 Å². The lowest BCUT2D eigenvalue weighted by atomic mass is 10.1. The standard InChI is InChI=1S/C10H13BrN2O2/c11-9-4-3-8(15-9)10(14)13-5-1-2-7(12)6-13/h3-4,7H,1-2,5-6,12H2. The van der Waals surface area contributed by atoms with Crippen molar-refractivity contribution in [2.45, 2.75) is 18.9 Å². The van der Waals surface area contributed by atoms with Crippen LogP contribution in [-0.2, 0) is 0 Å². The Balaban J connectivity index is 2.07. The minimum atomic E-state index is -0.0733. The van der Waals surface area contributed by atoms with Crippen molar-refractivity contribution in [1.29, 1.82) is 0 Å². The van der Waals surface area contributed by atoms with Crippen LogP contribution in [-0.4, -0.2) is 29.9 Å². The average Bonchev–Trinajstić information content (AvgIpc) is 2.64. The molecule has 1 aliphatic rings. The first-order valence-electron chi connectivity index (χ1n) is 4.97. The first kappa shape index (κ1) is 10.7. The molecule has 0 bridgehead atoms. The second-order valence-electron chi connectivity index (χ2n) is 3.76. The van der Waals surface area contributed by atoms with Crippen LogP contribution in [0.1, 0.15) is 23.4 Å². The van der Waals surface area contributed by atoms with Gasteiger partial charge in [0.05, 0.1) is 0 Å². The lowest BCUT2D eigenvalue weighted by Crippen LogP contribution is -2.45. The summed E-state index contributed by atoms with van der Waals surface area (Å²) < 4.78 is 5.79. The van der Waals surface area contributed by atoms with E-state index in [0.29, 0.717) is 17.0 Å². The third-order valence-electron chi connectivity index (χ3n) is 2.53. The van der Waals surface area contributed by atoms with Gasteiger partial charge in [0.25, 0.3) is 5.91 Å². The highest BCUT2D eigenvalue weighted by Gasteiger charge is 2.24. The zero-order valence-electron chi connectivity index (χ0n) is 8.28. The second kappa shape index (κ2) is 4.37. The Morgan fingerprint density at radius 3 is 3.00 bits per heavy atom. The van der Waals surface area contributed by atoms with E-state index in [2.05, 4.69) is 15.9 Å². The fourth-order valence-electron chi connectivity index (χ4n) is 1.78. The van der Waals surface area contributed by atoms with E-state index in [1.54, 1.807) is 17.0 Å². The van der Waals surface area contributed by atoms with Crippen molar-refractivity contribution < 1.29 is 9.21 Å². The second-order valence-corrected chi connectivity index (χ2v) is 4.54. The number of furan rings is 1. The maximum absolute atomic E-state index is 11.9. The fourth-order valence-corrected chi connectivity index (χ4v) is 2.09. The van der Waals surface area contributed by atoms with Crippen LogP contribution in [0.4, 0.5) is 0 Å². The number of hydrogen-bond donors (Lipinski definition) is 1. The molecule has 2 heterocycles. The Labute approximate surface area is 96.5 Å². The van der Waals surface area contributed by atoms with Gasteiger partial charge in [-0.3, -0.25) is 4.79 Å². The Morgan fingerprint density at radius 2 is 2.40 bits per heavy atom. The highest BCUT2D eigenvalue weighted by Crippen LogP contribution is 2.17. The number of rotatable bonds is 1. The predicted octanol–water partition coefficient (Wildman–Crippen LogP) is 1.61. The molecule has 1 atom stereocenters. The maximum atomic E-state index is 11.9. The molecule has 2 N–H and O–H groups in total. The van der Waals surface area contributed by atoms with Crippen LogP contribution in [0.25, 0.3) is 0 Å². The van der Waals surface area contributed by atoms with E-state index in [4.69, 9.17) is 10.2 Å². The van der Waals surface area contributed by atoms with E-state index in [1.165, 1.54) is 0 Å². The molecule has 5 heteroatoms. The molecule has 15 heavy (non-hydrogen) atoms. The Morgan fingerprint density at radius 1 is 1.60 bits per heavy atom. The number of nitrogens with two attached hydrogens (primary N) is 1. The first-order valence-corrected chi connectivity index (χ1v) is 5.76. The fraction of sp³-hybridized carbons (Fsp3) is 0.500. The molecule has 1 aromatic heterocycles. The molecule has 1 saturated heterocycles. The largest absolute Gasteiger partial charge is 0.444 e. The van der Waals surface area contributed by atoms with Crippen LogP contribution in [0.2, 0.25) is 0 Å². The number of carbonyl (C=O) groups is 1. The van der Waals surface area contributed by atoms with Gasteiger partial charge in [0.15, 0.2) is 10.4 Å². The molecule has 2 rings (SSSR count). The molecule has 0 aliphatic carbocycles. The topological polar surface area (TPSA) is 59.5 Å². The van der Waals surface area contributed by atoms with Gasteiger partial charge >= 0.3 is 0 Å². The van der Waals surface area contributed by atoms with Gasteiger partial charge in [-0.1, -0.05) is 0 Å². The van der Waals surface area contributed by atoms with Crippen LogP contribution >= 0.6 is 15.9 Å². The Hall–Kier alpha value is -0.810. The first-order chi connectivity index (χ1) is 7.16. The molecule has 82 valence electrons. The average molecular weight is 273 g/mol. The zero-order chi connectivity index (χ0) is 10.8. The smallest absolute Gasteiger partial charge is 0.289 e. The predicted molar refractivity (Wildman–Crippen MR) is 59.5 cm³/mol. The molecular formula is C10H13BrN2O2. The summed E-state index contributed by atoms with van der Waals surface area (Å²) in [6.07, 6.45) is 1.96. The Bertz CT molecular complexity index is 364. The summed E-state index contributed by atoms with van der Waals surface area (Å²) in [4.78, 5) is 13.7. The molecule has 0 aromatic carbocycles. The van der Waals surface area contributed by atoms with Gasteiger partial charge in [0, 0.05) is 19.1 Å². The number of hydrogen-bond acceptors (Lipinski definition) is 3.